The van der Waals surface area contributed by atoms with Gasteiger partial charge in [0.25, 0.3) is 0 Å². The fraction of sp³-hybridized carbons (Fsp3) is 0.294. The van der Waals surface area contributed by atoms with Crippen LogP contribution in [-0.4, -0.2) is 19.3 Å². The number of ether oxygens (including phenoxy) is 3. The molecule has 0 aliphatic heterocycles. The van der Waals surface area contributed by atoms with Gasteiger partial charge in [-0.3, -0.25) is 0 Å². The molecule has 0 amide bonds. The number of rotatable bonds is 7. The van der Waals surface area contributed by atoms with Gasteiger partial charge < -0.3 is 14.2 Å². The van der Waals surface area contributed by atoms with Gasteiger partial charge in [0, 0.05) is 11.6 Å². The van der Waals surface area contributed by atoms with E-state index in [2.05, 4.69) is 0 Å². The molecule has 2 aromatic carbocycles. The summed E-state index contributed by atoms with van der Waals surface area (Å²) in [6, 6.07) is 12.5. The lowest BCUT2D eigenvalue weighted by Crippen LogP contribution is -2.18. The minimum Gasteiger partial charge on any atom is -0.488 e. The zero-order valence-electron chi connectivity index (χ0n) is 12.5. The summed E-state index contributed by atoms with van der Waals surface area (Å²) in [5.41, 5.74) is 0. The van der Waals surface area contributed by atoms with E-state index in [1.165, 1.54) is 0 Å². The molecule has 2 aromatic rings. The standard InChI is InChI=1S/C17H18Cl2O3/c1-3-20-11-12(2)21-14-5-7-15(8-6-14)22-17-9-4-13(18)10-16(17)19/h4-10,12H,3,11H2,1-2H3. The highest BCUT2D eigenvalue weighted by Gasteiger charge is 2.06. The molecule has 0 aliphatic carbocycles. The van der Waals surface area contributed by atoms with Crippen molar-refractivity contribution in [2.24, 2.45) is 0 Å². The molecule has 1 atom stereocenters. The summed E-state index contributed by atoms with van der Waals surface area (Å²) in [5, 5.41) is 1.04. The molecule has 3 nitrogen and oxygen atoms in total. The maximum absolute atomic E-state index is 6.08. The largest absolute Gasteiger partial charge is 0.488 e. The Kier molecular flexibility index (Phi) is 6.37. The van der Waals surface area contributed by atoms with E-state index in [0.717, 1.165) is 5.75 Å². The first-order valence-electron chi connectivity index (χ1n) is 7.06. The average Bonchev–Trinajstić information content (AvgIpc) is 2.50. The maximum Gasteiger partial charge on any atom is 0.146 e. The van der Waals surface area contributed by atoms with Crippen LogP contribution in [0.15, 0.2) is 42.5 Å². The van der Waals surface area contributed by atoms with E-state index in [1.807, 2.05) is 38.1 Å². The second kappa shape index (κ2) is 8.28. The van der Waals surface area contributed by atoms with Gasteiger partial charge in [0.15, 0.2) is 0 Å². The Bertz CT molecular complexity index is 599. The Hall–Kier alpha value is -1.42. The van der Waals surface area contributed by atoms with Gasteiger partial charge in [-0.2, -0.15) is 0 Å². The first-order chi connectivity index (χ1) is 10.6. The monoisotopic (exact) mass is 340 g/mol. The van der Waals surface area contributed by atoms with E-state index in [9.17, 15) is 0 Å². The second-order valence-corrected chi connectivity index (χ2v) is 5.58. The first kappa shape index (κ1) is 16.9. The molecular weight excluding hydrogens is 323 g/mol. The Morgan fingerprint density at radius 3 is 2.32 bits per heavy atom. The molecule has 118 valence electrons. The van der Waals surface area contributed by atoms with Gasteiger partial charge in [0.1, 0.15) is 23.4 Å². The Morgan fingerprint density at radius 2 is 1.68 bits per heavy atom. The van der Waals surface area contributed by atoms with Crippen molar-refractivity contribution < 1.29 is 14.2 Å². The number of benzene rings is 2. The molecule has 0 bridgehead atoms. The molecule has 0 saturated carbocycles. The van der Waals surface area contributed by atoms with Crippen molar-refractivity contribution in [2.45, 2.75) is 20.0 Å². The molecule has 0 heterocycles. The van der Waals surface area contributed by atoms with Crippen LogP contribution in [0.1, 0.15) is 13.8 Å². The van der Waals surface area contributed by atoms with E-state index in [-0.39, 0.29) is 6.10 Å². The van der Waals surface area contributed by atoms with Crippen molar-refractivity contribution in [3.63, 3.8) is 0 Å². The molecule has 0 N–H and O–H groups in total. The highest BCUT2D eigenvalue weighted by Crippen LogP contribution is 2.32. The predicted octanol–water partition coefficient (Wildman–Crippen LogP) is 5.59. The predicted molar refractivity (Wildman–Crippen MR) is 89.6 cm³/mol. The van der Waals surface area contributed by atoms with E-state index >= 15 is 0 Å². The van der Waals surface area contributed by atoms with Crippen LogP contribution in [-0.2, 0) is 4.74 Å². The smallest absolute Gasteiger partial charge is 0.146 e. The molecule has 22 heavy (non-hydrogen) atoms. The van der Waals surface area contributed by atoms with Gasteiger partial charge in [0.05, 0.1) is 11.6 Å². The number of hydrogen-bond acceptors (Lipinski definition) is 3. The molecule has 2 rings (SSSR count). The molecule has 0 aromatic heterocycles. The van der Waals surface area contributed by atoms with Gasteiger partial charge in [0.2, 0.25) is 0 Å². The number of hydrogen-bond donors (Lipinski definition) is 0. The molecular formula is C17H18Cl2O3. The highest BCUT2D eigenvalue weighted by molar-refractivity contribution is 6.35. The molecule has 0 fully saturated rings. The van der Waals surface area contributed by atoms with Gasteiger partial charge in [-0.05, 0) is 56.3 Å². The lowest BCUT2D eigenvalue weighted by Gasteiger charge is -2.15. The molecule has 0 radical (unpaired) electrons. The average molecular weight is 341 g/mol. The molecule has 0 saturated heterocycles. The molecule has 0 spiro atoms. The minimum absolute atomic E-state index is 0.00238. The van der Waals surface area contributed by atoms with Crippen molar-refractivity contribution in [3.05, 3.63) is 52.5 Å². The van der Waals surface area contributed by atoms with Crippen molar-refractivity contribution >= 4 is 23.2 Å². The zero-order chi connectivity index (χ0) is 15.9. The van der Waals surface area contributed by atoms with Crippen LogP contribution in [0.2, 0.25) is 10.0 Å². The summed E-state index contributed by atoms with van der Waals surface area (Å²) in [6.07, 6.45) is -0.00238. The highest BCUT2D eigenvalue weighted by atomic mass is 35.5. The minimum atomic E-state index is -0.00238. The van der Waals surface area contributed by atoms with Gasteiger partial charge >= 0.3 is 0 Å². The van der Waals surface area contributed by atoms with E-state index < -0.39 is 0 Å². The van der Waals surface area contributed by atoms with Gasteiger partial charge in [-0.1, -0.05) is 23.2 Å². The fourth-order valence-corrected chi connectivity index (χ4v) is 2.27. The summed E-state index contributed by atoms with van der Waals surface area (Å²) >= 11 is 11.9. The second-order valence-electron chi connectivity index (χ2n) is 4.74. The van der Waals surface area contributed by atoms with Crippen LogP contribution in [0.5, 0.6) is 17.2 Å². The van der Waals surface area contributed by atoms with Crippen molar-refractivity contribution in [3.8, 4) is 17.2 Å². The Balaban J connectivity index is 1.96. The van der Waals surface area contributed by atoms with E-state index in [4.69, 9.17) is 37.4 Å². The lowest BCUT2D eigenvalue weighted by atomic mass is 10.3. The van der Waals surface area contributed by atoms with Crippen molar-refractivity contribution in [1.82, 2.24) is 0 Å². The Labute approximate surface area is 140 Å². The van der Waals surface area contributed by atoms with Gasteiger partial charge in [-0.15, -0.1) is 0 Å². The van der Waals surface area contributed by atoms with Crippen molar-refractivity contribution in [2.75, 3.05) is 13.2 Å². The lowest BCUT2D eigenvalue weighted by molar-refractivity contribution is 0.0657. The summed E-state index contributed by atoms with van der Waals surface area (Å²) < 4.78 is 16.8. The third-order valence-electron chi connectivity index (χ3n) is 2.84. The SMILES string of the molecule is CCOCC(C)Oc1ccc(Oc2ccc(Cl)cc2Cl)cc1. The molecule has 1 unspecified atom stereocenters. The van der Waals surface area contributed by atoms with Crippen LogP contribution in [0, 0.1) is 0 Å². The van der Waals surface area contributed by atoms with Gasteiger partial charge in [-0.25, -0.2) is 0 Å². The van der Waals surface area contributed by atoms with Crippen molar-refractivity contribution in [1.29, 1.82) is 0 Å². The van der Waals surface area contributed by atoms with Crippen LogP contribution < -0.4 is 9.47 Å². The topological polar surface area (TPSA) is 27.7 Å². The first-order valence-corrected chi connectivity index (χ1v) is 7.81. The van der Waals surface area contributed by atoms with Crippen LogP contribution in [0.3, 0.4) is 0 Å². The number of halogens is 2. The summed E-state index contributed by atoms with van der Waals surface area (Å²) in [5.74, 6) is 2.00. The van der Waals surface area contributed by atoms with E-state index in [0.29, 0.717) is 34.8 Å². The maximum atomic E-state index is 6.08. The van der Waals surface area contributed by atoms with E-state index in [1.54, 1.807) is 18.2 Å². The summed E-state index contributed by atoms with van der Waals surface area (Å²) in [6.45, 7) is 5.17. The zero-order valence-corrected chi connectivity index (χ0v) is 14.0. The quantitative estimate of drug-likeness (QED) is 0.657. The van der Waals surface area contributed by atoms with Crippen LogP contribution >= 0.6 is 23.2 Å². The Morgan fingerprint density at radius 1 is 1.00 bits per heavy atom. The normalized spacial score (nSPS) is 12.0. The van der Waals surface area contributed by atoms with Crippen LogP contribution in [0.25, 0.3) is 0 Å². The summed E-state index contributed by atoms with van der Waals surface area (Å²) in [7, 11) is 0. The fourth-order valence-electron chi connectivity index (χ4n) is 1.82. The summed E-state index contributed by atoms with van der Waals surface area (Å²) in [4.78, 5) is 0. The molecule has 0 aliphatic rings. The third-order valence-corrected chi connectivity index (χ3v) is 3.37. The molecule has 5 heteroatoms. The third kappa shape index (κ3) is 5.09. The van der Waals surface area contributed by atoms with Crippen LogP contribution in [0.4, 0.5) is 0 Å².